The van der Waals surface area contributed by atoms with Crippen molar-refractivity contribution in [1.29, 1.82) is 0 Å². The van der Waals surface area contributed by atoms with E-state index in [1.165, 1.54) is 0 Å². The fourth-order valence-electron chi connectivity index (χ4n) is 1.65. The molecule has 1 rings (SSSR count). The van der Waals surface area contributed by atoms with Gasteiger partial charge in [-0.25, -0.2) is 0 Å². The first-order chi connectivity index (χ1) is 8.49. The highest BCUT2D eigenvalue weighted by atomic mass is 35.5. The highest BCUT2D eigenvalue weighted by Crippen LogP contribution is 2.27. The van der Waals surface area contributed by atoms with Crippen LogP contribution < -0.4 is 10.1 Å². The first-order valence-electron chi connectivity index (χ1n) is 5.70. The number of nitrogens with zero attached hydrogens (tertiary/aromatic N) is 2. The molecular weight excluding hydrogens is 250 g/mol. The van der Waals surface area contributed by atoms with E-state index >= 15 is 0 Å². The van der Waals surface area contributed by atoms with Crippen LogP contribution in [0.2, 0.25) is 5.02 Å². The molecule has 100 valence electrons. The minimum atomic E-state index is 0.625. The maximum absolute atomic E-state index is 6.12. The van der Waals surface area contributed by atoms with Crippen LogP contribution in [0, 0.1) is 6.92 Å². The van der Waals surface area contributed by atoms with Crippen LogP contribution in [-0.4, -0.2) is 39.1 Å². The summed E-state index contributed by atoms with van der Waals surface area (Å²) >= 11 is 6.12. The maximum atomic E-state index is 6.12. The molecule has 0 bridgehead atoms. The number of ether oxygens (including phenoxy) is 1. The summed E-state index contributed by atoms with van der Waals surface area (Å²) in [5, 5.41) is 3.89. The van der Waals surface area contributed by atoms with E-state index in [1.54, 1.807) is 14.2 Å². The van der Waals surface area contributed by atoms with Gasteiger partial charge in [-0.1, -0.05) is 11.6 Å². The molecule has 0 heterocycles. The molecule has 0 saturated carbocycles. The van der Waals surface area contributed by atoms with Crippen LogP contribution in [-0.2, 0) is 6.54 Å². The van der Waals surface area contributed by atoms with Gasteiger partial charge in [0.1, 0.15) is 5.75 Å². The summed E-state index contributed by atoms with van der Waals surface area (Å²) in [6, 6.07) is 3.86. The first kappa shape index (κ1) is 14.6. The molecule has 0 atom stereocenters. The Kier molecular flexibility index (Phi) is 5.28. The smallest absolute Gasteiger partial charge is 0.193 e. The molecule has 0 spiro atoms. The summed E-state index contributed by atoms with van der Waals surface area (Å²) in [5.41, 5.74) is 2.27. The van der Waals surface area contributed by atoms with Crippen LogP contribution in [0.5, 0.6) is 5.75 Å². The van der Waals surface area contributed by atoms with Crippen molar-refractivity contribution in [3.05, 3.63) is 28.3 Å². The minimum absolute atomic E-state index is 0.625. The molecule has 0 aliphatic rings. The number of benzene rings is 1. The molecule has 1 aromatic carbocycles. The Balaban J connectivity index is 2.83. The summed E-state index contributed by atoms with van der Waals surface area (Å²) in [7, 11) is 7.27. The van der Waals surface area contributed by atoms with Gasteiger partial charge in [-0.3, -0.25) is 4.99 Å². The van der Waals surface area contributed by atoms with Crippen molar-refractivity contribution in [2.45, 2.75) is 13.5 Å². The van der Waals surface area contributed by atoms with Crippen LogP contribution >= 0.6 is 11.6 Å². The second kappa shape index (κ2) is 6.50. The summed E-state index contributed by atoms with van der Waals surface area (Å²) in [4.78, 5) is 6.09. The van der Waals surface area contributed by atoms with Crippen molar-refractivity contribution in [3.63, 3.8) is 0 Å². The molecule has 4 nitrogen and oxygen atoms in total. The van der Waals surface area contributed by atoms with Gasteiger partial charge in [0.25, 0.3) is 0 Å². The van der Waals surface area contributed by atoms with Crippen LogP contribution in [0.1, 0.15) is 11.1 Å². The van der Waals surface area contributed by atoms with Crippen LogP contribution in [0.25, 0.3) is 0 Å². The Hall–Kier alpha value is -1.42. The van der Waals surface area contributed by atoms with Crippen molar-refractivity contribution >= 4 is 17.6 Å². The van der Waals surface area contributed by atoms with Crippen molar-refractivity contribution in [2.75, 3.05) is 28.3 Å². The summed E-state index contributed by atoms with van der Waals surface area (Å²) in [6.45, 7) is 2.72. The molecule has 0 saturated heterocycles. The summed E-state index contributed by atoms with van der Waals surface area (Å²) in [5.74, 6) is 1.54. The van der Waals surface area contributed by atoms with E-state index in [4.69, 9.17) is 16.3 Å². The molecule has 0 aromatic heterocycles. The largest absolute Gasteiger partial charge is 0.495 e. The van der Waals surface area contributed by atoms with Crippen molar-refractivity contribution in [1.82, 2.24) is 10.2 Å². The van der Waals surface area contributed by atoms with Gasteiger partial charge < -0.3 is 15.0 Å². The lowest BCUT2D eigenvalue weighted by atomic mass is 10.1. The van der Waals surface area contributed by atoms with Gasteiger partial charge in [0.05, 0.1) is 12.1 Å². The number of hydrogen-bond donors (Lipinski definition) is 1. The van der Waals surface area contributed by atoms with E-state index in [1.807, 2.05) is 38.1 Å². The number of aliphatic imine (C=N–C) groups is 1. The quantitative estimate of drug-likeness (QED) is 0.676. The third kappa shape index (κ3) is 3.53. The molecule has 0 aliphatic heterocycles. The number of aryl methyl sites for hydroxylation is 1. The zero-order chi connectivity index (χ0) is 13.7. The van der Waals surface area contributed by atoms with Gasteiger partial charge in [0.2, 0.25) is 0 Å². The van der Waals surface area contributed by atoms with E-state index in [-0.39, 0.29) is 0 Å². The average Bonchev–Trinajstić information content (AvgIpc) is 2.33. The minimum Gasteiger partial charge on any atom is -0.495 e. The standard InChI is InChI=1S/C13H20ClN3O/c1-9-6-12(18-5)11(14)7-10(9)8-16-13(15-2)17(3)4/h6-7H,8H2,1-5H3,(H,15,16). The Morgan fingerprint density at radius 3 is 2.61 bits per heavy atom. The number of methoxy groups -OCH3 is 1. The zero-order valence-electron chi connectivity index (χ0n) is 11.5. The topological polar surface area (TPSA) is 36.9 Å². The van der Waals surface area contributed by atoms with Gasteiger partial charge in [-0.05, 0) is 30.2 Å². The lowest BCUT2D eigenvalue weighted by Crippen LogP contribution is -2.35. The lowest BCUT2D eigenvalue weighted by Gasteiger charge is -2.18. The molecule has 1 N–H and O–H groups in total. The van der Waals surface area contributed by atoms with Gasteiger partial charge in [-0.2, -0.15) is 0 Å². The van der Waals surface area contributed by atoms with E-state index in [0.717, 1.165) is 17.1 Å². The number of nitrogens with one attached hydrogen (secondary N) is 1. The van der Waals surface area contributed by atoms with Crippen LogP contribution in [0.15, 0.2) is 17.1 Å². The van der Waals surface area contributed by atoms with Crippen molar-refractivity contribution in [2.24, 2.45) is 4.99 Å². The van der Waals surface area contributed by atoms with Gasteiger partial charge >= 0.3 is 0 Å². The fourth-order valence-corrected chi connectivity index (χ4v) is 1.92. The van der Waals surface area contributed by atoms with Crippen molar-refractivity contribution in [3.8, 4) is 5.75 Å². The van der Waals surface area contributed by atoms with Crippen molar-refractivity contribution < 1.29 is 4.74 Å². The highest BCUT2D eigenvalue weighted by molar-refractivity contribution is 6.32. The second-order valence-corrected chi connectivity index (χ2v) is 4.62. The molecule has 0 fully saturated rings. The lowest BCUT2D eigenvalue weighted by molar-refractivity contribution is 0.414. The first-order valence-corrected chi connectivity index (χ1v) is 6.08. The monoisotopic (exact) mass is 269 g/mol. The number of hydrogen-bond acceptors (Lipinski definition) is 2. The summed E-state index contributed by atoms with van der Waals surface area (Å²) in [6.07, 6.45) is 0. The Morgan fingerprint density at radius 2 is 2.11 bits per heavy atom. The van der Waals surface area contributed by atoms with E-state index < -0.39 is 0 Å². The zero-order valence-corrected chi connectivity index (χ0v) is 12.3. The Bertz CT molecular complexity index is 444. The van der Waals surface area contributed by atoms with Gasteiger partial charge in [0.15, 0.2) is 5.96 Å². The maximum Gasteiger partial charge on any atom is 0.193 e. The molecule has 0 unspecified atom stereocenters. The second-order valence-electron chi connectivity index (χ2n) is 4.21. The third-order valence-corrected chi connectivity index (χ3v) is 2.98. The molecule has 18 heavy (non-hydrogen) atoms. The predicted octanol–water partition coefficient (Wildman–Crippen LogP) is 2.29. The Labute approximate surface area is 114 Å². The van der Waals surface area contributed by atoms with Gasteiger partial charge in [-0.15, -0.1) is 0 Å². The molecular formula is C13H20ClN3O. The van der Waals surface area contributed by atoms with E-state index in [0.29, 0.717) is 17.3 Å². The number of guanidine groups is 1. The number of rotatable bonds is 3. The molecule has 0 radical (unpaired) electrons. The molecule has 5 heteroatoms. The van der Waals surface area contributed by atoms with E-state index in [2.05, 4.69) is 10.3 Å². The number of halogens is 1. The third-order valence-electron chi connectivity index (χ3n) is 2.68. The summed E-state index contributed by atoms with van der Waals surface area (Å²) < 4.78 is 5.18. The fraction of sp³-hybridized carbons (Fsp3) is 0.462. The predicted molar refractivity (Wildman–Crippen MR) is 76.6 cm³/mol. The molecule has 0 aliphatic carbocycles. The average molecular weight is 270 g/mol. The molecule has 1 aromatic rings. The van der Waals surface area contributed by atoms with Gasteiger partial charge in [0, 0.05) is 27.7 Å². The van der Waals surface area contributed by atoms with Crippen LogP contribution in [0.4, 0.5) is 0 Å². The SMILES string of the molecule is CN=C(NCc1cc(Cl)c(OC)cc1C)N(C)C. The van der Waals surface area contributed by atoms with Crippen LogP contribution in [0.3, 0.4) is 0 Å². The normalized spacial score (nSPS) is 11.3. The molecule has 0 amide bonds. The van der Waals surface area contributed by atoms with E-state index in [9.17, 15) is 0 Å². The highest BCUT2D eigenvalue weighted by Gasteiger charge is 2.07. The Morgan fingerprint density at radius 1 is 1.44 bits per heavy atom.